The van der Waals surface area contributed by atoms with Gasteiger partial charge in [-0.2, -0.15) is 0 Å². The van der Waals surface area contributed by atoms with Gasteiger partial charge in [-0.25, -0.2) is 0 Å². The molecule has 0 saturated carbocycles. The van der Waals surface area contributed by atoms with Crippen LogP contribution in [-0.4, -0.2) is 43.6 Å². The quantitative estimate of drug-likeness (QED) is 0.493. The Morgan fingerprint density at radius 1 is 1.47 bits per heavy atom. The van der Waals surface area contributed by atoms with Crippen LogP contribution in [0.25, 0.3) is 0 Å². The normalized spacial score (nSPS) is 32.1. The molecule has 0 aromatic rings. The lowest BCUT2D eigenvalue weighted by atomic mass is 9.90. The Balaban J connectivity index is 2.64. The average Bonchev–Trinajstić information content (AvgIpc) is 2.47. The molecule has 4 nitrogen and oxygen atoms in total. The Morgan fingerprint density at radius 3 is 2.33 bits per heavy atom. The maximum atomic E-state index is 9.84. The molecule has 0 amide bonds. The highest BCUT2D eigenvalue weighted by Gasteiger charge is 2.44. The van der Waals surface area contributed by atoms with Crippen molar-refractivity contribution in [3.8, 4) is 0 Å². The SMILES string of the molecule is BC1(O)CCC(C(C)(OCC)OCC)N1. The summed E-state index contributed by atoms with van der Waals surface area (Å²) in [5.74, 6) is -0.635. The van der Waals surface area contributed by atoms with Crippen molar-refractivity contribution in [1.29, 1.82) is 0 Å². The van der Waals surface area contributed by atoms with Crippen LogP contribution >= 0.6 is 0 Å². The van der Waals surface area contributed by atoms with Crippen LogP contribution in [0.15, 0.2) is 0 Å². The van der Waals surface area contributed by atoms with Gasteiger partial charge in [0.15, 0.2) is 13.6 Å². The lowest BCUT2D eigenvalue weighted by Gasteiger charge is -2.36. The van der Waals surface area contributed by atoms with Crippen LogP contribution in [0.2, 0.25) is 0 Å². The highest BCUT2D eigenvalue weighted by molar-refractivity contribution is 6.14. The Labute approximate surface area is 92.7 Å². The molecule has 0 radical (unpaired) electrons. The van der Waals surface area contributed by atoms with Crippen LogP contribution in [0.1, 0.15) is 33.6 Å². The molecule has 5 heteroatoms. The summed E-state index contributed by atoms with van der Waals surface area (Å²) in [5.41, 5.74) is -0.792. The zero-order chi connectivity index (χ0) is 11.5. The van der Waals surface area contributed by atoms with E-state index >= 15 is 0 Å². The van der Waals surface area contributed by atoms with Crippen LogP contribution in [0.3, 0.4) is 0 Å². The van der Waals surface area contributed by atoms with Gasteiger partial charge in [-0.05, 0) is 33.6 Å². The van der Waals surface area contributed by atoms with Crippen molar-refractivity contribution in [3.05, 3.63) is 0 Å². The third-order valence-electron chi connectivity index (χ3n) is 2.90. The Bertz CT molecular complexity index is 205. The van der Waals surface area contributed by atoms with Crippen molar-refractivity contribution in [2.75, 3.05) is 13.2 Å². The minimum atomic E-state index is -0.792. The van der Waals surface area contributed by atoms with E-state index in [-0.39, 0.29) is 6.04 Å². The molecule has 2 N–H and O–H groups in total. The molecule has 0 spiro atoms. The second kappa shape index (κ2) is 4.83. The van der Waals surface area contributed by atoms with Crippen molar-refractivity contribution < 1.29 is 14.6 Å². The number of aliphatic hydroxyl groups is 1. The van der Waals surface area contributed by atoms with E-state index in [1.807, 2.05) is 20.8 Å². The van der Waals surface area contributed by atoms with E-state index in [1.165, 1.54) is 0 Å². The van der Waals surface area contributed by atoms with Gasteiger partial charge in [-0.3, -0.25) is 5.32 Å². The highest BCUT2D eigenvalue weighted by atomic mass is 16.7. The van der Waals surface area contributed by atoms with Gasteiger partial charge in [0.25, 0.3) is 0 Å². The fraction of sp³-hybridized carbons (Fsp3) is 1.00. The number of hydrogen-bond acceptors (Lipinski definition) is 4. The van der Waals surface area contributed by atoms with Crippen LogP contribution < -0.4 is 5.32 Å². The van der Waals surface area contributed by atoms with E-state index < -0.39 is 11.4 Å². The predicted molar refractivity (Wildman–Crippen MR) is 61.3 cm³/mol. The summed E-state index contributed by atoms with van der Waals surface area (Å²) in [4.78, 5) is 0. The molecule has 1 aliphatic rings. The summed E-state index contributed by atoms with van der Waals surface area (Å²) in [5, 5.41) is 13.0. The number of ether oxygens (including phenoxy) is 2. The molecule has 1 fully saturated rings. The molecule has 0 aromatic carbocycles. The van der Waals surface area contributed by atoms with E-state index in [0.29, 0.717) is 13.2 Å². The molecule has 1 rings (SSSR count). The fourth-order valence-electron chi connectivity index (χ4n) is 2.15. The molecule has 2 unspecified atom stereocenters. The van der Waals surface area contributed by atoms with Gasteiger partial charge in [-0.15, -0.1) is 0 Å². The van der Waals surface area contributed by atoms with Gasteiger partial charge < -0.3 is 14.6 Å². The highest BCUT2D eigenvalue weighted by Crippen LogP contribution is 2.29. The molecule has 1 aliphatic heterocycles. The van der Waals surface area contributed by atoms with Crippen LogP contribution in [-0.2, 0) is 9.47 Å². The molecule has 0 aliphatic carbocycles. The first kappa shape index (κ1) is 13.0. The minimum absolute atomic E-state index is 0.0485. The average molecular weight is 215 g/mol. The van der Waals surface area contributed by atoms with Crippen molar-refractivity contribution >= 4 is 7.85 Å². The lowest BCUT2D eigenvalue weighted by molar-refractivity contribution is -0.237. The van der Waals surface area contributed by atoms with Crippen molar-refractivity contribution in [2.45, 2.75) is 51.1 Å². The second-order valence-corrected chi connectivity index (χ2v) is 4.39. The monoisotopic (exact) mass is 215 g/mol. The van der Waals surface area contributed by atoms with E-state index in [0.717, 1.165) is 12.8 Å². The Kier molecular flexibility index (Phi) is 4.17. The molecule has 0 bridgehead atoms. The van der Waals surface area contributed by atoms with E-state index in [2.05, 4.69) is 5.32 Å². The topological polar surface area (TPSA) is 50.7 Å². The second-order valence-electron chi connectivity index (χ2n) is 4.39. The molecular weight excluding hydrogens is 193 g/mol. The zero-order valence-corrected chi connectivity index (χ0v) is 10.2. The minimum Gasteiger partial charge on any atom is -0.384 e. The Hall–Kier alpha value is -0.0951. The Morgan fingerprint density at radius 2 is 2.00 bits per heavy atom. The fourth-order valence-corrected chi connectivity index (χ4v) is 2.15. The first-order valence-electron chi connectivity index (χ1n) is 5.71. The van der Waals surface area contributed by atoms with E-state index in [9.17, 15) is 5.11 Å². The lowest BCUT2D eigenvalue weighted by Crippen LogP contribution is -2.55. The molecular formula is C10H22BNO3. The third-order valence-corrected chi connectivity index (χ3v) is 2.90. The van der Waals surface area contributed by atoms with Crippen LogP contribution in [0.4, 0.5) is 0 Å². The predicted octanol–water partition coefficient (Wildman–Crippen LogP) is -0.193. The van der Waals surface area contributed by atoms with Gasteiger partial charge in [0.1, 0.15) is 0 Å². The summed E-state index contributed by atoms with van der Waals surface area (Å²) in [7, 11) is 1.78. The van der Waals surface area contributed by atoms with Gasteiger partial charge in [0.2, 0.25) is 0 Å². The zero-order valence-electron chi connectivity index (χ0n) is 10.2. The summed E-state index contributed by atoms with van der Waals surface area (Å²) in [6, 6.07) is 0.0485. The summed E-state index contributed by atoms with van der Waals surface area (Å²) >= 11 is 0. The third kappa shape index (κ3) is 3.18. The first-order valence-corrected chi connectivity index (χ1v) is 5.71. The van der Waals surface area contributed by atoms with Crippen LogP contribution in [0, 0.1) is 0 Å². The number of rotatable bonds is 5. The number of hydrogen-bond donors (Lipinski definition) is 2. The molecule has 0 aromatic heterocycles. The standard InChI is InChI=1S/C10H22BNO3/c1-4-14-9(3,15-5-2)8-6-7-10(11,13)12-8/h8,12-13H,4-7,11H2,1-3H3. The van der Waals surface area contributed by atoms with Gasteiger partial charge in [-0.1, -0.05) is 0 Å². The van der Waals surface area contributed by atoms with Gasteiger partial charge in [0.05, 0.1) is 11.7 Å². The first-order chi connectivity index (χ1) is 6.93. The molecule has 1 saturated heterocycles. The maximum absolute atomic E-state index is 9.84. The van der Waals surface area contributed by atoms with Crippen LogP contribution in [0.5, 0.6) is 0 Å². The van der Waals surface area contributed by atoms with Crippen molar-refractivity contribution in [3.63, 3.8) is 0 Å². The van der Waals surface area contributed by atoms with Crippen molar-refractivity contribution in [1.82, 2.24) is 5.32 Å². The van der Waals surface area contributed by atoms with Gasteiger partial charge in [0, 0.05) is 13.2 Å². The molecule has 2 atom stereocenters. The molecule has 15 heavy (non-hydrogen) atoms. The largest absolute Gasteiger partial charge is 0.384 e. The van der Waals surface area contributed by atoms with E-state index in [1.54, 1.807) is 7.85 Å². The van der Waals surface area contributed by atoms with E-state index in [4.69, 9.17) is 9.47 Å². The number of nitrogens with one attached hydrogen (secondary N) is 1. The summed E-state index contributed by atoms with van der Waals surface area (Å²) in [6.07, 6.45) is 1.59. The smallest absolute Gasteiger partial charge is 0.180 e. The maximum Gasteiger partial charge on any atom is 0.180 e. The van der Waals surface area contributed by atoms with Crippen molar-refractivity contribution in [2.24, 2.45) is 0 Å². The molecule has 1 heterocycles. The molecule has 88 valence electrons. The summed E-state index contributed by atoms with van der Waals surface area (Å²) in [6.45, 7) is 7.04. The van der Waals surface area contributed by atoms with Gasteiger partial charge >= 0.3 is 0 Å². The summed E-state index contributed by atoms with van der Waals surface area (Å²) < 4.78 is 11.3.